The lowest BCUT2D eigenvalue weighted by atomic mass is 9.71. The molecule has 1 aliphatic rings. The number of aliphatic hydroxyl groups is 8. The predicted octanol–water partition coefficient (Wildman–Crippen LogP) is -5.04. The number of aliphatic hydroxyl groups excluding tert-OH is 6. The molecule has 21 heavy (non-hydrogen) atoms. The first-order valence-electron chi connectivity index (χ1n) is 5.62. The summed E-state index contributed by atoms with van der Waals surface area (Å²) in [4.78, 5) is 11.8. The van der Waals surface area contributed by atoms with Gasteiger partial charge in [0.25, 0.3) is 0 Å². The molecule has 1 fully saturated rings. The Morgan fingerprint density at radius 2 is 1.48 bits per heavy atom. The zero-order chi connectivity index (χ0) is 16.7. The summed E-state index contributed by atoms with van der Waals surface area (Å²) in [6.45, 7) is -1.30. The highest BCUT2D eigenvalue weighted by Gasteiger charge is 2.74. The molecule has 0 aromatic heterocycles. The Morgan fingerprint density at radius 3 is 1.86 bits per heavy atom. The molecule has 122 valence electrons. The summed E-state index contributed by atoms with van der Waals surface area (Å²) in [5, 5.41) is 72.3. The van der Waals surface area contributed by atoms with Gasteiger partial charge in [0.2, 0.25) is 11.1 Å². The minimum absolute atomic E-state index is 1.30. The first kappa shape index (κ1) is 18.3. The zero-order valence-electron chi connectivity index (χ0n) is 10.3. The second-order valence-corrected chi connectivity index (χ2v) is 5.88. The Labute approximate surface area is 117 Å². The summed E-state index contributed by atoms with van der Waals surface area (Å²) in [5.74, 6) is -1.95. The van der Waals surface area contributed by atoms with Gasteiger partial charge in [-0.05, 0) is 0 Å². The van der Waals surface area contributed by atoms with Crippen LogP contribution in [0.15, 0.2) is 0 Å². The van der Waals surface area contributed by atoms with Gasteiger partial charge in [-0.15, -0.1) is 0 Å². The minimum Gasteiger partial charge on any atom is -0.393 e. The molecule has 0 spiro atoms. The average molecular weight is 330 g/mol. The van der Waals surface area contributed by atoms with Crippen LogP contribution in [0.2, 0.25) is 0 Å². The van der Waals surface area contributed by atoms with Gasteiger partial charge in [0.15, 0.2) is 5.60 Å². The van der Waals surface area contributed by atoms with Gasteiger partial charge in [-0.25, -0.2) is 9.13 Å². The van der Waals surface area contributed by atoms with Crippen molar-refractivity contribution in [2.75, 3.05) is 6.61 Å². The first-order chi connectivity index (χ1) is 9.47. The van der Waals surface area contributed by atoms with Crippen LogP contribution in [0, 0.1) is 0 Å². The Hall–Kier alpha value is -0.750. The highest BCUT2D eigenvalue weighted by molar-refractivity contribution is 7.33. The molecule has 8 N–H and O–H groups in total. The topological polar surface area (TPSA) is 213 Å². The fraction of sp³-hybridized carbons (Fsp3) is 0.889. The number of hydrogen-bond acceptors (Lipinski definition) is 11. The van der Waals surface area contributed by atoms with Crippen LogP contribution in [0.1, 0.15) is 0 Å². The summed E-state index contributed by atoms with van der Waals surface area (Å²) in [6, 6.07) is 0. The van der Waals surface area contributed by atoms with Crippen LogP contribution in [0.4, 0.5) is 0 Å². The molecule has 1 aliphatic carbocycles. The molecule has 0 amide bonds. The van der Waals surface area contributed by atoms with E-state index in [2.05, 4.69) is 0 Å². The normalized spacial score (nSPS) is 45.1. The summed E-state index contributed by atoms with van der Waals surface area (Å²) >= 11 is 0. The van der Waals surface area contributed by atoms with E-state index in [4.69, 9.17) is 5.11 Å². The fourth-order valence-electron chi connectivity index (χ4n) is 2.21. The van der Waals surface area contributed by atoms with E-state index >= 15 is 0 Å². The van der Waals surface area contributed by atoms with Crippen molar-refractivity contribution in [2.45, 2.75) is 41.5 Å². The van der Waals surface area contributed by atoms with Gasteiger partial charge in [-0.1, -0.05) is 0 Å². The number of ketones is 1. The maximum Gasteiger partial charge on any atom is 0.354 e. The third-order valence-corrected chi connectivity index (χ3v) is 4.69. The van der Waals surface area contributed by atoms with Crippen LogP contribution in [0.3, 0.4) is 0 Å². The van der Waals surface area contributed by atoms with Gasteiger partial charge in [-0.2, -0.15) is 0 Å². The molecule has 11 nitrogen and oxygen atoms in total. The third-order valence-electron chi connectivity index (χ3n) is 3.53. The largest absolute Gasteiger partial charge is 0.393 e. The molecular formula is C9H15O11P. The van der Waals surface area contributed by atoms with Crippen LogP contribution in [-0.2, 0) is 13.9 Å². The van der Waals surface area contributed by atoms with Crippen LogP contribution in [0.25, 0.3) is 0 Å². The van der Waals surface area contributed by atoms with Crippen LogP contribution in [0.5, 0.6) is 0 Å². The number of rotatable bonds is 4. The minimum atomic E-state index is -4.25. The van der Waals surface area contributed by atoms with Crippen LogP contribution < -0.4 is 0 Å². The maximum atomic E-state index is 11.8. The molecule has 12 heteroatoms. The van der Waals surface area contributed by atoms with Crippen LogP contribution in [-0.4, -0.2) is 94.7 Å². The summed E-state index contributed by atoms with van der Waals surface area (Å²) in [5.41, 5.74) is -3.78. The molecule has 0 aliphatic heterocycles. The average Bonchev–Trinajstić information content (AvgIpc) is 2.46. The van der Waals surface area contributed by atoms with E-state index in [9.17, 15) is 49.7 Å². The number of hydrogen-bond donors (Lipinski definition) is 8. The van der Waals surface area contributed by atoms with E-state index in [1.807, 2.05) is 0 Å². The van der Waals surface area contributed by atoms with E-state index in [0.29, 0.717) is 0 Å². The molecule has 1 saturated carbocycles. The van der Waals surface area contributed by atoms with Gasteiger partial charge < -0.3 is 40.9 Å². The molecule has 1 rings (SSSR count). The SMILES string of the molecule is O=C(C(O)CO)[C@@]1(O)[C@@H](O)[C@H](O)[C@@H](O)[C@@H](O)[C@@]1(O)P(=O)=O. The smallest absolute Gasteiger partial charge is 0.354 e. The Bertz CT molecular complexity index is 484. The lowest BCUT2D eigenvalue weighted by molar-refractivity contribution is -0.276. The molecule has 0 bridgehead atoms. The highest BCUT2D eigenvalue weighted by atomic mass is 31.1. The Balaban J connectivity index is 3.58. The summed E-state index contributed by atoms with van der Waals surface area (Å²) in [7, 11) is -4.25. The molecule has 7 atom stereocenters. The van der Waals surface area contributed by atoms with Crippen molar-refractivity contribution < 1.29 is 54.8 Å². The lowest BCUT2D eigenvalue weighted by Gasteiger charge is -2.50. The molecule has 1 unspecified atom stereocenters. The quantitative estimate of drug-likeness (QED) is 0.228. The first-order valence-corrected chi connectivity index (χ1v) is 6.80. The van der Waals surface area contributed by atoms with E-state index in [0.717, 1.165) is 0 Å². The van der Waals surface area contributed by atoms with Crippen molar-refractivity contribution in [2.24, 2.45) is 0 Å². The highest BCUT2D eigenvalue weighted by Crippen LogP contribution is 2.48. The standard InChI is InChI=1S/C9H15O11P/c10-1-2(11)5(14)8(17)6(15)3(12)4(13)7(16)9(8,18)21(19)20/h2-4,6-7,10-13,15-18H,1H2/t2?,3-,4-,6+,7-,8-,9-/m1/s1. The van der Waals surface area contributed by atoms with Gasteiger partial charge in [0.05, 0.1) is 6.61 Å². The van der Waals surface area contributed by atoms with Crippen molar-refractivity contribution in [1.29, 1.82) is 0 Å². The van der Waals surface area contributed by atoms with Gasteiger partial charge in [-0.3, -0.25) is 4.79 Å². The maximum absolute atomic E-state index is 11.8. The van der Waals surface area contributed by atoms with Gasteiger partial charge in [0, 0.05) is 0 Å². The zero-order valence-corrected chi connectivity index (χ0v) is 11.2. The van der Waals surface area contributed by atoms with E-state index in [-0.39, 0.29) is 0 Å². The second kappa shape index (κ2) is 5.80. The fourth-order valence-corrected chi connectivity index (χ4v) is 3.10. The molecule has 0 aromatic rings. The molecule has 0 heterocycles. The van der Waals surface area contributed by atoms with Crippen molar-refractivity contribution in [3.05, 3.63) is 0 Å². The third kappa shape index (κ3) is 2.27. The molecule has 0 radical (unpaired) electrons. The van der Waals surface area contributed by atoms with E-state index in [1.54, 1.807) is 0 Å². The molecule has 0 aromatic carbocycles. The lowest BCUT2D eigenvalue weighted by Crippen LogP contribution is -2.79. The number of carbonyl (C=O) groups excluding carboxylic acids is 1. The van der Waals surface area contributed by atoms with Crippen molar-refractivity contribution in [3.63, 3.8) is 0 Å². The van der Waals surface area contributed by atoms with E-state index < -0.39 is 61.5 Å². The van der Waals surface area contributed by atoms with E-state index in [1.165, 1.54) is 0 Å². The second-order valence-electron chi connectivity index (χ2n) is 4.68. The van der Waals surface area contributed by atoms with Crippen molar-refractivity contribution in [1.82, 2.24) is 0 Å². The van der Waals surface area contributed by atoms with Gasteiger partial charge in [0.1, 0.15) is 30.5 Å². The molecular weight excluding hydrogens is 315 g/mol. The van der Waals surface area contributed by atoms with Crippen LogP contribution >= 0.6 is 7.68 Å². The van der Waals surface area contributed by atoms with Gasteiger partial charge >= 0.3 is 7.68 Å². The number of Topliss-reactive ketones (excluding diaryl/α,β-unsaturated/α-hetero) is 1. The monoisotopic (exact) mass is 330 g/mol. The summed E-state index contributed by atoms with van der Waals surface area (Å²) < 4.78 is 22.4. The Morgan fingerprint density at radius 1 is 1.05 bits per heavy atom. The molecule has 0 saturated heterocycles. The number of carbonyl (C=O) groups is 1. The predicted molar refractivity (Wildman–Crippen MR) is 60.3 cm³/mol. The summed E-state index contributed by atoms with van der Waals surface area (Å²) in [6.07, 6.45) is -12.8. The Kier molecular flexibility index (Phi) is 5.05. The van der Waals surface area contributed by atoms with Crippen molar-refractivity contribution in [3.8, 4) is 0 Å². The van der Waals surface area contributed by atoms with Crippen molar-refractivity contribution >= 4 is 13.5 Å².